The van der Waals surface area contributed by atoms with Crippen LogP contribution in [0.2, 0.25) is 0 Å². The van der Waals surface area contributed by atoms with Gasteiger partial charge >= 0.3 is 23.9 Å². The van der Waals surface area contributed by atoms with Gasteiger partial charge in [0.05, 0.1) is 6.61 Å². The van der Waals surface area contributed by atoms with Crippen LogP contribution in [0.3, 0.4) is 0 Å². The highest BCUT2D eigenvalue weighted by Crippen LogP contribution is 2.26. The fraction of sp³-hybridized carbons (Fsp3) is 0.739. The number of aliphatic carboxylic acids is 1. The SMILES string of the molecule is CC/C=C\C/C=C\C/C=C\C/C=C\CCCCCCC(=O)OC(COC(=O)CCCCCCCCCCC/C=C\C/C=C\CCCCC)COC1OC(C(=O)O)C(O)C(O)C1OC(=O)CCCCCCC/C=C\CCCCCCCC. The molecule has 1 aliphatic rings. The Balaban J connectivity index is 2.68. The molecule has 0 amide bonds. The Kier molecular flexibility index (Phi) is 52.1. The molecule has 1 heterocycles. The molecule has 81 heavy (non-hydrogen) atoms. The van der Waals surface area contributed by atoms with Crippen molar-refractivity contribution in [1.82, 2.24) is 0 Å². The monoisotopic (exact) mass is 1140 g/mol. The topological polar surface area (TPSA) is 175 Å². The number of carbonyl (C=O) groups excluding carboxylic acids is 3. The molecule has 6 unspecified atom stereocenters. The van der Waals surface area contributed by atoms with E-state index >= 15 is 0 Å². The van der Waals surface area contributed by atoms with Crippen molar-refractivity contribution in [2.24, 2.45) is 0 Å². The molecule has 0 aromatic rings. The number of aliphatic hydroxyl groups excluding tert-OH is 2. The minimum atomic E-state index is -1.91. The van der Waals surface area contributed by atoms with Crippen molar-refractivity contribution >= 4 is 23.9 Å². The van der Waals surface area contributed by atoms with Crippen LogP contribution in [0.15, 0.2) is 85.1 Å². The number of esters is 3. The average molecular weight is 1140 g/mol. The third-order valence-electron chi connectivity index (χ3n) is 14.4. The van der Waals surface area contributed by atoms with Gasteiger partial charge in [-0.25, -0.2) is 4.79 Å². The van der Waals surface area contributed by atoms with Gasteiger partial charge in [-0.05, 0) is 116 Å². The minimum absolute atomic E-state index is 0.0451. The summed E-state index contributed by atoms with van der Waals surface area (Å²) in [6.45, 7) is 5.85. The number of hydrogen-bond acceptors (Lipinski definition) is 11. The smallest absolute Gasteiger partial charge is 0.335 e. The number of allylic oxidation sites excluding steroid dienone is 14. The van der Waals surface area contributed by atoms with Crippen LogP contribution in [0.1, 0.15) is 278 Å². The van der Waals surface area contributed by atoms with Gasteiger partial charge in [0.2, 0.25) is 0 Å². The molecule has 1 fully saturated rings. The largest absolute Gasteiger partial charge is 0.479 e. The van der Waals surface area contributed by atoms with Crippen molar-refractivity contribution < 1.29 is 58.2 Å². The quantitative estimate of drug-likeness (QED) is 0.0228. The molecule has 0 spiro atoms. The lowest BCUT2D eigenvalue weighted by molar-refractivity contribution is -0.301. The fourth-order valence-corrected chi connectivity index (χ4v) is 9.44. The summed E-state index contributed by atoms with van der Waals surface area (Å²) in [5.41, 5.74) is 0. The van der Waals surface area contributed by atoms with Gasteiger partial charge < -0.3 is 39.0 Å². The predicted octanol–water partition coefficient (Wildman–Crippen LogP) is 17.5. The zero-order chi connectivity index (χ0) is 58.9. The predicted molar refractivity (Wildman–Crippen MR) is 331 cm³/mol. The van der Waals surface area contributed by atoms with Gasteiger partial charge in [-0.3, -0.25) is 14.4 Å². The lowest BCUT2D eigenvalue weighted by Gasteiger charge is -2.40. The van der Waals surface area contributed by atoms with E-state index in [4.69, 9.17) is 23.7 Å². The summed E-state index contributed by atoms with van der Waals surface area (Å²) in [6, 6.07) is 0. The van der Waals surface area contributed by atoms with Crippen molar-refractivity contribution in [3.63, 3.8) is 0 Å². The number of carboxylic acid groups (broad SMARTS) is 1. The van der Waals surface area contributed by atoms with Crippen molar-refractivity contribution in [3.8, 4) is 0 Å². The van der Waals surface area contributed by atoms with Gasteiger partial charge in [-0.2, -0.15) is 0 Å². The maximum Gasteiger partial charge on any atom is 0.335 e. The molecule has 0 aromatic heterocycles. The first-order valence-corrected chi connectivity index (χ1v) is 32.6. The molecule has 1 saturated heterocycles. The third kappa shape index (κ3) is 46.0. The van der Waals surface area contributed by atoms with E-state index in [2.05, 4.69) is 106 Å². The van der Waals surface area contributed by atoms with E-state index < -0.39 is 67.3 Å². The van der Waals surface area contributed by atoms with Crippen LogP contribution in [0.25, 0.3) is 0 Å². The number of carboxylic acids is 1. The maximum atomic E-state index is 13.2. The summed E-state index contributed by atoms with van der Waals surface area (Å²) in [5, 5.41) is 31.6. The molecule has 12 nitrogen and oxygen atoms in total. The molecule has 0 aromatic carbocycles. The van der Waals surface area contributed by atoms with Crippen LogP contribution < -0.4 is 0 Å². The lowest BCUT2D eigenvalue weighted by Crippen LogP contribution is -2.61. The molecule has 1 aliphatic heterocycles. The van der Waals surface area contributed by atoms with E-state index in [0.717, 1.165) is 122 Å². The van der Waals surface area contributed by atoms with Crippen LogP contribution in [0.5, 0.6) is 0 Å². The van der Waals surface area contributed by atoms with E-state index in [9.17, 15) is 34.5 Å². The van der Waals surface area contributed by atoms with Crippen molar-refractivity contribution in [2.75, 3.05) is 13.2 Å². The number of carbonyl (C=O) groups is 4. The van der Waals surface area contributed by atoms with E-state index in [1.165, 1.54) is 96.3 Å². The molecule has 0 radical (unpaired) electrons. The Hall–Kier alpha value is -4.10. The van der Waals surface area contributed by atoms with Gasteiger partial charge in [0.1, 0.15) is 18.8 Å². The molecule has 0 bridgehead atoms. The Bertz CT molecular complexity index is 1730. The summed E-state index contributed by atoms with van der Waals surface area (Å²) >= 11 is 0. The van der Waals surface area contributed by atoms with Gasteiger partial charge in [0.25, 0.3) is 0 Å². The van der Waals surface area contributed by atoms with Gasteiger partial charge in [-0.1, -0.05) is 228 Å². The molecule has 0 aliphatic carbocycles. The Labute approximate surface area is 492 Å². The Morgan fingerprint density at radius 3 is 1.22 bits per heavy atom. The highest BCUT2D eigenvalue weighted by molar-refractivity contribution is 5.74. The highest BCUT2D eigenvalue weighted by atomic mass is 16.7. The number of rotatable bonds is 55. The third-order valence-corrected chi connectivity index (χ3v) is 14.4. The Morgan fingerprint density at radius 1 is 0.420 bits per heavy atom. The van der Waals surface area contributed by atoms with Crippen LogP contribution in [-0.2, 0) is 42.9 Å². The van der Waals surface area contributed by atoms with Gasteiger partial charge in [-0.15, -0.1) is 0 Å². The molecule has 12 heteroatoms. The summed E-state index contributed by atoms with van der Waals surface area (Å²) in [7, 11) is 0. The van der Waals surface area contributed by atoms with Gasteiger partial charge in [0.15, 0.2) is 24.6 Å². The number of aliphatic hydroxyl groups is 2. The molecule has 1 rings (SSSR count). The second kappa shape index (κ2) is 56.4. The van der Waals surface area contributed by atoms with E-state index in [1.807, 2.05) is 0 Å². The second-order valence-corrected chi connectivity index (χ2v) is 22.0. The first-order valence-electron chi connectivity index (χ1n) is 32.6. The average Bonchev–Trinajstić information content (AvgIpc) is 3.52. The van der Waals surface area contributed by atoms with Crippen LogP contribution in [0.4, 0.5) is 0 Å². The molecule has 0 saturated carbocycles. The number of unbranched alkanes of at least 4 members (excludes halogenated alkanes) is 27. The standard InChI is InChI=1S/C69H116O12/c1-4-7-10-13-16-19-22-25-28-30-31-33-35-37-40-43-46-49-52-55-61(70)77-58-60(79-62(71)56-53-50-47-44-41-39-36-32-29-26-23-20-17-14-11-8-5-2)59-78-69-67(65(74)64(73)66(81-69)68(75)76)80-63(72)57-54-51-48-45-42-38-34-27-24-21-18-15-12-9-6-3/h8,11,16-17,19-20,25-29,34,36,39,60,64-67,69,73-74H,4-7,9-10,12-15,18,21-24,30-33,35,37-38,40-59H2,1-3H3,(H,75,76)/b11-8-,19-16-,20-17-,28-25-,29-26-,34-27-,39-36-. The van der Waals surface area contributed by atoms with Crippen molar-refractivity contribution in [3.05, 3.63) is 85.1 Å². The first kappa shape index (κ1) is 74.9. The molecule has 464 valence electrons. The zero-order valence-corrected chi connectivity index (χ0v) is 51.3. The molecular formula is C69H116O12. The van der Waals surface area contributed by atoms with E-state index in [0.29, 0.717) is 19.3 Å². The lowest BCUT2D eigenvalue weighted by atomic mass is 9.98. The number of ether oxygens (including phenoxy) is 5. The van der Waals surface area contributed by atoms with Crippen LogP contribution >= 0.6 is 0 Å². The minimum Gasteiger partial charge on any atom is -0.479 e. The number of hydrogen-bond donors (Lipinski definition) is 3. The molecule has 6 atom stereocenters. The summed E-state index contributed by atoms with van der Waals surface area (Å²) in [4.78, 5) is 51.3. The van der Waals surface area contributed by atoms with Crippen molar-refractivity contribution in [1.29, 1.82) is 0 Å². The zero-order valence-electron chi connectivity index (χ0n) is 51.3. The fourth-order valence-electron chi connectivity index (χ4n) is 9.44. The molecular weight excluding hydrogens is 1020 g/mol. The summed E-state index contributed by atoms with van der Waals surface area (Å²) < 4.78 is 28.5. The van der Waals surface area contributed by atoms with Crippen LogP contribution in [0, 0.1) is 0 Å². The van der Waals surface area contributed by atoms with E-state index in [-0.39, 0.29) is 25.9 Å². The van der Waals surface area contributed by atoms with Crippen LogP contribution in [-0.4, -0.2) is 89.2 Å². The first-order chi connectivity index (χ1) is 39.6. The normalized spacial score (nSPS) is 18.3. The second-order valence-electron chi connectivity index (χ2n) is 22.0. The summed E-state index contributed by atoms with van der Waals surface area (Å²) in [6.07, 6.45) is 61.1. The summed E-state index contributed by atoms with van der Waals surface area (Å²) in [5.74, 6) is -3.16. The molecule has 3 N–H and O–H groups in total. The van der Waals surface area contributed by atoms with E-state index in [1.54, 1.807) is 0 Å². The van der Waals surface area contributed by atoms with Crippen molar-refractivity contribution in [2.45, 2.75) is 314 Å². The Morgan fingerprint density at radius 2 is 0.778 bits per heavy atom. The maximum absolute atomic E-state index is 13.2. The van der Waals surface area contributed by atoms with Gasteiger partial charge in [0, 0.05) is 19.3 Å². The highest BCUT2D eigenvalue weighted by Gasteiger charge is 2.50.